The maximum atomic E-state index is 12.3. The Morgan fingerprint density at radius 2 is 1.94 bits per heavy atom. The topological polar surface area (TPSA) is 94.4 Å². The summed E-state index contributed by atoms with van der Waals surface area (Å²) >= 11 is 0. The first-order chi connectivity index (χ1) is 15.5. The molecule has 1 aliphatic heterocycles. The van der Waals surface area contributed by atoms with Gasteiger partial charge in [0.1, 0.15) is 5.71 Å². The van der Waals surface area contributed by atoms with Gasteiger partial charge in [-0.15, -0.1) is 0 Å². The van der Waals surface area contributed by atoms with Gasteiger partial charge >= 0.3 is 0 Å². The monoisotopic (exact) mass is 446 g/mol. The number of carbonyl (C=O) groups is 2. The third-order valence-electron chi connectivity index (χ3n) is 5.23. The number of amides is 1. The molecule has 0 aromatic heterocycles. The molecule has 0 saturated heterocycles. The molecule has 6 heteroatoms. The predicted octanol–water partition coefficient (Wildman–Crippen LogP) is 5.53. The zero-order valence-corrected chi connectivity index (χ0v) is 20.6. The summed E-state index contributed by atoms with van der Waals surface area (Å²) in [6.07, 6.45) is 6.98. The number of Topliss-reactive ketones (excluding diaryl/α,β-unsaturated/α-hetero) is 1. The van der Waals surface area contributed by atoms with Crippen LogP contribution in [0.5, 0.6) is 0 Å². The highest BCUT2D eigenvalue weighted by Gasteiger charge is 2.24. The molecule has 2 rings (SSSR count). The largest absolute Gasteiger partial charge is 0.355 e. The number of hydrogen-bond acceptors (Lipinski definition) is 5. The Labute approximate surface area is 196 Å². The fourth-order valence-electron chi connectivity index (χ4n) is 3.26. The van der Waals surface area contributed by atoms with E-state index in [2.05, 4.69) is 48.2 Å². The second-order valence-corrected chi connectivity index (χ2v) is 9.20. The van der Waals surface area contributed by atoms with Crippen LogP contribution in [0.4, 0.5) is 5.69 Å². The number of anilines is 1. The first kappa shape index (κ1) is 25.8. The second kappa shape index (κ2) is 10.9. The van der Waals surface area contributed by atoms with E-state index in [9.17, 15) is 9.59 Å². The van der Waals surface area contributed by atoms with Crippen LogP contribution in [0.3, 0.4) is 0 Å². The van der Waals surface area contributed by atoms with Crippen LogP contribution in [0.1, 0.15) is 63.4 Å². The van der Waals surface area contributed by atoms with Crippen LogP contribution in [0.25, 0.3) is 0 Å². The molecule has 0 aliphatic carbocycles. The number of hydrogen-bond donors (Lipinski definition) is 3. The molecular weight excluding hydrogens is 412 g/mol. The molecule has 0 saturated carbocycles. The highest BCUT2D eigenvalue weighted by atomic mass is 16.1. The minimum absolute atomic E-state index is 0.0935. The first-order valence-electron chi connectivity index (χ1n) is 11.1. The minimum Gasteiger partial charge on any atom is -0.355 e. The van der Waals surface area contributed by atoms with Gasteiger partial charge in [0.25, 0.3) is 5.91 Å². The van der Waals surface area contributed by atoms with Crippen molar-refractivity contribution in [3.05, 3.63) is 69.7 Å². The molecule has 1 amide bonds. The highest BCUT2D eigenvalue weighted by molar-refractivity contribution is 6.45. The van der Waals surface area contributed by atoms with Crippen LogP contribution in [-0.4, -0.2) is 30.7 Å². The van der Waals surface area contributed by atoms with Crippen LogP contribution >= 0.6 is 0 Å². The molecule has 0 fully saturated rings. The zero-order valence-electron chi connectivity index (χ0n) is 20.6. The molecule has 174 valence electrons. The second-order valence-electron chi connectivity index (χ2n) is 9.20. The van der Waals surface area contributed by atoms with Gasteiger partial charge in [-0.3, -0.25) is 20.0 Å². The fraction of sp³-hybridized carbons (Fsp3) is 0.370. The van der Waals surface area contributed by atoms with E-state index in [-0.39, 0.29) is 22.8 Å². The van der Waals surface area contributed by atoms with E-state index in [1.807, 2.05) is 19.9 Å². The summed E-state index contributed by atoms with van der Waals surface area (Å²) in [5, 5.41) is 14.5. The van der Waals surface area contributed by atoms with Crippen molar-refractivity contribution in [1.29, 1.82) is 5.41 Å². The van der Waals surface area contributed by atoms with E-state index in [1.165, 1.54) is 6.92 Å². The molecule has 1 aliphatic rings. The number of allylic oxidation sites excluding steroid dienone is 3. The summed E-state index contributed by atoms with van der Waals surface area (Å²) < 4.78 is 0. The van der Waals surface area contributed by atoms with E-state index in [0.717, 1.165) is 17.6 Å². The fourth-order valence-corrected chi connectivity index (χ4v) is 3.26. The molecule has 3 N–H and O–H groups in total. The van der Waals surface area contributed by atoms with Crippen molar-refractivity contribution in [1.82, 2.24) is 5.32 Å². The maximum Gasteiger partial charge on any atom is 0.251 e. The van der Waals surface area contributed by atoms with E-state index < -0.39 is 0 Å². The Bertz CT molecular complexity index is 1120. The summed E-state index contributed by atoms with van der Waals surface area (Å²) in [5.74, 6) is -0.555. The lowest BCUT2D eigenvalue weighted by molar-refractivity contribution is -0.111. The molecule has 0 atom stereocenters. The number of aryl methyl sites for hydroxylation is 1. The summed E-state index contributed by atoms with van der Waals surface area (Å²) in [5.41, 5.74) is 7.64. The quantitative estimate of drug-likeness (QED) is 0.362. The molecule has 0 unspecified atom stereocenters. The Morgan fingerprint density at radius 3 is 2.52 bits per heavy atom. The van der Waals surface area contributed by atoms with Crippen LogP contribution < -0.4 is 10.6 Å². The lowest BCUT2D eigenvalue weighted by atomic mass is 9.89. The van der Waals surface area contributed by atoms with Gasteiger partial charge < -0.3 is 10.6 Å². The number of nitrogens with one attached hydrogen (secondary N) is 3. The summed E-state index contributed by atoms with van der Waals surface area (Å²) in [6, 6.07) is 5.36. The molecule has 1 aromatic rings. The van der Waals surface area contributed by atoms with Gasteiger partial charge in [-0.05, 0) is 48.4 Å². The van der Waals surface area contributed by atoms with Gasteiger partial charge in [0.15, 0.2) is 5.78 Å². The Morgan fingerprint density at radius 1 is 1.24 bits per heavy atom. The molecule has 0 radical (unpaired) electrons. The van der Waals surface area contributed by atoms with Gasteiger partial charge in [0, 0.05) is 37.5 Å². The van der Waals surface area contributed by atoms with Crippen molar-refractivity contribution in [3.63, 3.8) is 0 Å². The van der Waals surface area contributed by atoms with Crippen LogP contribution in [0.2, 0.25) is 0 Å². The normalized spacial score (nSPS) is 14.0. The average Bonchev–Trinajstić information content (AvgIpc) is 2.96. The minimum atomic E-state index is -0.359. The van der Waals surface area contributed by atoms with Crippen molar-refractivity contribution >= 4 is 29.3 Å². The Kier molecular flexibility index (Phi) is 8.50. The summed E-state index contributed by atoms with van der Waals surface area (Å²) in [6.45, 7) is 11.8. The lowest BCUT2D eigenvalue weighted by Crippen LogP contribution is -2.20. The van der Waals surface area contributed by atoms with Crippen LogP contribution in [0.15, 0.2) is 63.6 Å². The summed E-state index contributed by atoms with van der Waals surface area (Å²) in [7, 11) is 1.58. The Hall–Kier alpha value is -3.50. The molecule has 0 spiro atoms. The zero-order chi connectivity index (χ0) is 24.8. The Balaban J connectivity index is 2.67. The van der Waals surface area contributed by atoms with Crippen LogP contribution in [-0.2, 0) is 4.79 Å². The molecule has 0 bridgehead atoms. The number of benzene rings is 1. The number of carbonyl (C=O) groups excluding carboxylic acids is 2. The number of ketones is 1. The van der Waals surface area contributed by atoms with Crippen molar-refractivity contribution in [2.45, 2.75) is 54.4 Å². The smallest absolute Gasteiger partial charge is 0.251 e. The molecular formula is C27H34N4O2. The molecule has 1 aromatic carbocycles. The highest BCUT2D eigenvalue weighted by Crippen LogP contribution is 2.31. The molecule has 1 heterocycles. The van der Waals surface area contributed by atoms with Crippen molar-refractivity contribution < 1.29 is 9.59 Å². The van der Waals surface area contributed by atoms with Crippen molar-refractivity contribution in [2.75, 3.05) is 12.4 Å². The van der Waals surface area contributed by atoms with Gasteiger partial charge in [0.05, 0.1) is 17.0 Å². The van der Waals surface area contributed by atoms with Crippen molar-refractivity contribution in [2.24, 2.45) is 10.4 Å². The SMILES string of the molecule is CC/C(=C/CC(C)(C)C)C1=C(C(=N)C(C)=O)C(Nc2cc(C(=O)NC)ccc2C)=C=CC=N1. The summed E-state index contributed by atoms with van der Waals surface area (Å²) in [4.78, 5) is 29.1. The van der Waals surface area contributed by atoms with E-state index in [0.29, 0.717) is 34.6 Å². The number of nitrogens with zero attached hydrogens (tertiary/aromatic N) is 1. The third kappa shape index (κ3) is 6.74. The lowest BCUT2D eigenvalue weighted by Gasteiger charge is -2.20. The van der Waals surface area contributed by atoms with E-state index >= 15 is 0 Å². The molecule has 6 nitrogen and oxygen atoms in total. The maximum absolute atomic E-state index is 12.3. The number of rotatable bonds is 8. The van der Waals surface area contributed by atoms with Crippen molar-refractivity contribution in [3.8, 4) is 0 Å². The average molecular weight is 447 g/mol. The van der Waals surface area contributed by atoms with Gasteiger partial charge in [-0.2, -0.15) is 0 Å². The van der Waals surface area contributed by atoms with Gasteiger partial charge in [0.2, 0.25) is 0 Å². The third-order valence-corrected chi connectivity index (χ3v) is 5.23. The van der Waals surface area contributed by atoms with E-state index in [4.69, 9.17) is 5.41 Å². The molecule has 33 heavy (non-hydrogen) atoms. The van der Waals surface area contributed by atoms with Crippen LogP contribution in [0, 0.1) is 17.7 Å². The van der Waals surface area contributed by atoms with Gasteiger partial charge in [-0.25, -0.2) is 0 Å². The number of aliphatic imine (C=N–C) groups is 1. The van der Waals surface area contributed by atoms with Gasteiger partial charge in [-0.1, -0.05) is 45.6 Å². The standard InChI is InChI=1S/C27H34N4O2/c1-8-19(13-14-27(4,5)6)25-23(24(28)18(3)32)21(10-9-15-30-25)31-22-16-20(26(33)29-7)12-11-17(22)2/h9,11-13,15-16,28,31H,8,14H2,1-7H3,(H,29,33)/b19-13-,28-24?. The predicted molar refractivity (Wildman–Crippen MR) is 136 cm³/mol. The first-order valence-corrected chi connectivity index (χ1v) is 11.1. The van der Waals surface area contributed by atoms with E-state index in [1.54, 1.807) is 31.5 Å².